The minimum absolute atomic E-state index is 0.157. The molecule has 1 aromatic carbocycles. The topological polar surface area (TPSA) is 77.1 Å². The van der Waals surface area contributed by atoms with Gasteiger partial charge in [0.05, 0.1) is 5.69 Å². The molecule has 2 aromatic rings. The van der Waals surface area contributed by atoms with Gasteiger partial charge < -0.3 is 10.3 Å². The molecule has 0 aliphatic rings. The van der Waals surface area contributed by atoms with E-state index in [4.69, 9.17) is 5.73 Å². The van der Waals surface area contributed by atoms with Gasteiger partial charge in [-0.1, -0.05) is 12.1 Å². The molecular formula is C14H18IN3O2S. The number of sulfonamides is 1. The van der Waals surface area contributed by atoms with E-state index in [1.807, 2.05) is 30.5 Å². The quantitative estimate of drug-likeness (QED) is 0.732. The molecular weight excluding hydrogens is 401 g/mol. The largest absolute Gasteiger partial charge is 0.346 e. The van der Waals surface area contributed by atoms with Gasteiger partial charge in [-0.15, -0.1) is 0 Å². The molecule has 0 bridgehead atoms. The van der Waals surface area contributed by atoms with Crippen LogP contribution in [0.25, 0.3) is 0 Å². The first kappa shape index (κ1) is 16.3. The minimum atomic E-state index is -3.61. The van der Waals surface area contributed by atoms with Crippen LogP contribution < -0.4 is 10.5 Å². The van der Waals surface area contributed by atoms with Crippen molar-refractivity contribution in [2.45, 2.75) is 31.3 Å². The highest BCUT2D eigenvalue weighted by molar-refractivity contribution is 14.1. The predicted octanol–water partition coefficient (Wildman–Crippen LogP) is 2.93. The van der Waals surface area contributed by atoms with E-state index in [9.17, 15) is 8.42 Å². The number of aromatic nitrogens is 1. The molecule has 1 heterocycles. The van der Waals surface area contributed by atoms with Gasteiger partial charge in [0.1, 0.15) is 4.90 Å². The van der Waals surface area contributed by atoms with Crippen molar-refractivity contribution in [2.75, 3.05) is 4.72 Å². The maximum absolute atomic E-state index is 12.5. The highest BCUT2D eigenvalue weighted by Gasteiger charge is 2.19. The number of nitrogens with two attached hydrogens (primary N) is 1. The number of hydrogen-bond donors (Lipinski definition) is 2. The van der Waals surface area contributed by atoms with Crippen LogP contribution in [-0.4, -0.2) is 13.0 Å². The molecule has 0 saturated carbocycles. The van der Waals surface area contributed by atoms with Gasteiger partial charge in [0.15, 0.2) is 0 Å². The zero-order valence-corrected chi connectivity index (χ0v) is 14.8. The van der Waals surface area contributed by atoms with Crippen LogP contribution in [0.3, 0.4) is 0 Å². The van der Waals surface area contributed by atoms with Crippen molar-refractivity contribution >= 4 is 38.3 Å². The highest BCUT2D eigenvalue weighted by atomic mass is 127. The summed E-state index contributed by atoms with van der Waals surface area (Å²) in [5.41, 5.74) is 7.06. The number of hydrogen-bond acceptors (Lipinski definition) is 3. The number of anilines is 1. The molecule has 0 radical (unpaired) electrons. The fraction of sp³-hybridized carbons (Fsp3) is 0.286. The molecule has 0 fully saturated rings. The van der Waals surface area contributed by atoms with Gasteiger partial charge in [-0.2, -0.15) is 0 Å². The lowest BCUT2D eigenvalue weighted by atomic mass is 10.3. The predicted molar refractivity (Wildman–Crippen MR) is 92.7 cm³/mol. The van der Waals surface area contributed by atoms with Crippen LogP contribution in [0.2, 0.25) is 0 Å². The van der Waals surface area contributed by atoms with E-state index in [-0.39, 0.29) is 10.9 Å². The average molecular weight is 419 g/mol. The van der Waals surface area contributed by atoms with Crippen molar-refractivity contribution < 1.29 is 8.42 Å². The summed E-state index contributed by atoms with van der Waals surface area (Å²) in [6.07, 6.45) is 1.63. The average Bonchev–Trinajstić information content (AvgIpc) is 2.86. The summed E-state index contributed by atoms with van der Waals surface area (Å²) < 4.78 is 30.3. The van der Waals surface area contributed by atoms with E-state index in [0.717, 1.165) is 9.26 Å². The fourth-order valence-electron chi connectivity index (χ4n) is 2.04. The normalized spacial score (nSPS) is 11.9. The maximum Gasteiger partial charge on any atom is 0.263 e. The maximum atomic E-state index is 12.5. The Morgan fingerprint density at radius 1 is 1.33 bits per heavy atom. The van der Waals surface area contributed by atoms with Crippen LogP contribution in [0.5, 0.6) is 0 Å². The van der Waals surface area contributed by atoms with Crippen molar-refractivity contribution in [3.05, 3.63) is 45.8 Å². The molecule has 7 heteroatoms. The first-order chi connectivity index (χ1) is 9.85. The van der Waals surface area contributed by atoms with E-state index in [1.54, 1.807) is 24.4 Å². The number of para-hydroxylation sites is 1. The summed E-state index contributed by atoms with van der Waals surface area (Å²) in [5, 5.41) is 0. The Bertz CT molecular complexity index is 738. The Kier molecular flexibility index (Phi) is 4.95. The summed E-state index contributed by atoms with van der Waals surface area (Å²) in [4.78, 5) is 0.233. The van der Waals surface area contributed by atoms with Crippen molar-refractivity contribution in [2.24, 2.45) is 5.73 Å². The molecule has 0 unspecified atom stereocenters. The van der Waals surface area contributed by atoms with Gasteiger partial charge >= 0.3 is 0 Å². The number of rotatable bonds is 5. The number of benzene rings is 1. The van der Waals surface area contributed by atoms with Crippen LogP contribution in [0.15, 0.2) is 41.4 Å². The molecule has 114 valence electrons. The number of halogens is 1. The molecule has 5 nitrogen and oxygen atoms in total. The molecule has 0 aliphatic carbocycles. The SMILES string of the molecule is CC(C)n1cc(S(=O)(=O)Nc2ccccc2I)cc1CN. The van der Waals surface area contributed by atoms with E-state index in [0.29, 0.717) is 12.2 Å². The monoisotopic (exact) mass is 419 g/mol. The summed E-state index contributed by atoms with van der Waals surface area (Å²) in [7, 11) is -3.61. The molecule has 0 saturated heterocycles. The molecule has 21 heavy (non-hydrogen) atoms. The molecule has 0 aliphatic heterocycles. The second kappa shape index (κ2) is 6.37. The zero-order valence-electron chi connectivity index (χ0n) is 11.9. The lowest BCUT2D eigenvalue weighted by molar-refractivity contribution is 0.573. The summed E-state index contributed by atoms with van der Waals surface area (Å²) in [6, 6.07) is 9.03. The third-order valence-corrected chi connectivity index (χ3v) is 5.37. The summed E-state index contributed by atoms with van der Waals surface area (Å²) >= 11 is 2.10. The van der Waals surface area contributed by atoms with Crippen LogP contribution in [0, 0.1) is 3.57 Å². The Morgan fingerprint density at radius 3 is 2.52 bits per heavy atom. The molecule has 3 N–H and O–H groups in total. The van der Waals surface area contributed by atoms with Crippen LogP contribution in [-0.2, 0) is 16.6 Å². The van der Waals surface area contributed by atoms with Gasteiger partial charge in [-0.25, -0.2) is 8.42 Å². The molecule has 0 spiro atoms. The first-order valence-corrected chi connectivity index (χ1v) is 9.09. The standard InChI is InChI=1S/C14H18IN3O2S/c1-10(2)18-9-12(7-11(18)8-16)21(19,20)17-14-6-4-3-5-13(14)15/h3-7,9-10,17H,8,16H2,1-2H3. The lowest BCUT2D eigenvalue weighted by Crippen LogP contribution is -2.13. The Hall–Kier alpha value is -1.06. The van der Waals surface area contributed by atoms with E-state index < -0.39 is 10.0 Å². The second-order valence-electron chi connectivity index (χ2n) is 4.96. The minimum Gasteiger partial charge on any atom is -0.346 e. The Labute approximate surface area is 138 Å². The summed E-state index contributed by atoms with van der Waals surface area (Å²) in [5.74, 6) is 0. The molecule has 1 aromatic heterocycles. The highest BCUT2D eigenvalue weighted by Crippen LogP contribution is 2.24. The second-order valence-corrected chi connectivity index (χ2v) is 7.80. The van der Waals surface area contributed by atoms with Gasteiger partial charge in [-0.3, -0.25) is 4.72 Å². The molecule has 0 atom stereocenters. The first-order valence-electron chi connectivity index (χ1n) is 6.53. The Balaban J connectivity index is 2.38. The Morgan fingerprint density at radius 2 is 2.00 bits per heavy atom. The van der Waals surface area contributed by atoms with Gasteiger partial charge in [0, 0.05) is 28.0 Å². The van der Waals surface area contributed by atoms with Gasteiger partial charge in [0.2, 0.25) is 0 Å². The van der Waals surface area contributed by atoms with E-state index in [1.165, 1.54) is 0 Å². The van der Waals surface area contributed by atoms with Crippen molar-refractivity contribution in [3.63, 3.8) is 0 Å². The zero-order chi connectivity index (χ0) is 15.6. The third-order valence-electron chi connectivity index (χ3n) is 3.10. The van der Waals surface area contributed by atoms with E-state index >= 15 is 0 Å². The van der Waals surface area contributed by atoms with Crippen molar-refractivity contribution in [3.8, 4) is 0 Å². The fourth-order valence-corrected chi connectivity index (χ4v) is 3.87. The summed E-state index contributed by atoms with van der Waals surface area (Å²) in [6.45, 7) is 4.28. The van der Waals surface area contributed by atoms with Crippen LogP contribution in [0.1, 0.15) is 25.6 Å². The third kappa shape index (κ3) is 3.58. The number of nitrogens with zero attached hydrogens (tertiary/aromatic N) is 1. The van der Waals surface area contributed by atoms with Crippen molar-refractivity contribution in [1.82, 2.24) is 4.57 Å². The van der Waals surface area contributed by atoms with E-state index in [2.05, 4.69) is 27.3 Å². The molecule has 2 rings (SSSR count). The van der Waals surface area contributed by atoms with Gasteiger partial charge in [0.25, 0.3) is 10.0 Å². The van der Waals surface area contributed by atoms with Crippen LogP contribution in [0.4, 0.5) is 5.69 Å². The smallest absolute Gasteiger partial charge is 0.263 e. The van der Waals surface area contributed by atoms with Crippen LogP contribution >= 0.6 is 22.6 Å². The molecule has 0 amide bonds. The van der Waals surface area contributed by atoms with Crippen molar-refractivity contribution in [1.29, 1.82) is 0 Å². The number of nitrogens with one attached hydrogen (secondary N) is 1. The van der Waals surface area contributed by atoms with Gasteiger partial charge in [-0.05, 0) is 54.6 Å². The lowest BCUT2D eigenvalue weighted by Gasteiger charge is -2.11.